The van der Waals surface area contributed by atoms with Crippen LogP contribution >= 0.6 is 0 Å². The topological polar surface area (TPSA) is 66.5 Å². The van der Waals surface area contributed by atoms with Gasteiger partial charge in [-0.3, -0.25) is 19.3 Å². The minimum absolute atomic E-state index is 0.140. The van der Waals surface area contributed by atoms with E-state index in [1.54, 1.807) is 0 Å². The molecule has 27 heavy (non-hydrogen) atoms. The molecule has 1 aliphatic heterocycles. The highest BCUT2D eigenvalue weighted by Crippen LogP contribution is 2.50. The van der Waals surface area contributed by atoms with Crippen LogP contribution in [0.1, 0.15) is 37.3 Å². The molecule has 0 spiro atoms. The third-order valence-electron chi connectivity index (χ3n) is 6.43. The number of rotatable bonds is 4. The van der Waals surface area contributed by atoms with Crippen molar-refractivity contribution in [1.29, 1.82) is 0 Å². The van der Waals surface area contributed by atoms with E-state index in [4.69, 9.17) is 0 Å². The molecule has 1 saturated heterocycles. The first kappa shape index (κ1) is 18.0. The molecule has 1 aromatic carbocycles. The van der Waals surface area contributed by atoms with Gasteiger partial charge >= 0.3 is 0 Å². The summed E-state index contributed by atoms with van der Waals surface area (Å²) in [7, 11) is 0. The van der Waals surface area contributed by atoms with Crippen molar-refractivity contribution < 1.29 is 14.4 Å². The summed E-state index contributed by atoms with van der Waals surface area (Å²) in [6, 6.07) is 5.05. The number of hydrogen-bond donors (Lipinski definition) is 1. The Morgan fingerprint density at radius 1 is 1.11 bits per heavy atom. The number of allylic oxidation sites excluding steroid dienone is 2. The molecule has 4 aliphatic rings. The average Bonchev–Trinajstić information content (AvgIpc) is 2.93. The van der Waals surface area contributed by atoms with Crippen LogP contribution in [-0.4, -0.2) is 28.7 Å². The van der Waals surface area contributed by atoms with Crippen LogP contribution < -0.4 is 5.32 Å². The second-order valence-electron chi connectivity index (χ2n) is 8.12. The number of likely N-dealkylation sites (tertiary alicyclic amines) is 1. The van der Waals surface area contributed by atoms with E-state index >= 15 is 0 Å². The number of nitrogens with zero attached hydrogens (tertiary/aromatic N) is 1. The van der Waals surface area contributed by atoms with E-state index in [1.165, 1.54) is 4.90 Å². The van der Waals surface area contributed by atoms with E-state index in [1.807, 2.05) is 39.0 Å². The lowest BCUT2D eigenvalue weighted by molar-refractivity contribution is -0.146. The highest BCUT2D eigenvalue weighted by Gasteiger charge is 2.58. The zero-order chi connectivity index (χ0) is 19.3. The first-order valence-corrected chi connectivity index (χ1v) is 9.85. The first-order chi connectivity index (χ1) is 12.9. The van der Waals surface area contributed by atoms with Crippen LogP contribution in [0.15, 0.2) is 30.4 Å². The molecule has 2 bridgehead atoms. The largest absolute Gasteiger partial charge is 0.324 e. The molecule has 3 amide bonds. The van der Waals surface area contributed by atoms with Crippen LogP contribution in [0.25, 0.3) is 0 Å². The first-order valence-electron chi connectivity index (χ1n) is 9.85. The van der Waals surface area contributed by atoms with Crippen molar-refractivity contribution >= 4 is 23.4 Å². The molecule has 1 aromatic rings. The molecule has 3 aliphatic carbocycles. The summed E-state index contributed by atoms with van der Waals surface area (Å²) in [5, 5.41) is 2.93. The van der Waals surface area contributed by atoms with Gasteiger partial charge in [-0.15, -0.1) is 0 Å². The van der Waals surface area contributed by atoms with Crippen molar-refractivity contribution in [2.45, 2.75) is 46.1 Å². The van der Waals surface area contributed by atoms with Crippen LogP contribution in [0.2, 0.25) is 0 Å². The van der Waals surface area contributed by atoms with Gasteiger partial charge in [0.15, 0.2) is 0 Å². The van der Waals surface area contributed by atoms with Crippen LogP contribution in [0.5, 0.6) is 0 Å². The van der Waals surface area contributed by atoms with E-state index < -0.39 is 6.04 Å². The zero-order valence-corrected chi connectivity index (χ0v) is 16.1. The summed E-state index contributed by atoms with van der Waals surface area (Å²) >= 11 is 0. The van der Waals surface area contributed by atoms with E-state index in [-0.39, 0.29) is 41.4 Å². The number of amides is 3. The molecule has 5 unspecified atom stereocenters. The molecular formula is C22H26N2O3. The van der Waals surface area contributed by atoms with Gasteiger partial charge < -0.3 is 5.32 Å². The van der Waals surface area contributed by atoms with Crippen molar-refractivity contribution in [3.8, 4) is 0 Å². The number of carbonyl (C=O) groups excluding carboxylic acids is 3. The zero-order valence-electron chi connectivity index (χ0n) is 16.1. The maximum Gasteiger partial charge on any atom is 0.247 e. The number of imide groups is 1. The van der Waals surface area contributed by atoms with Crippen LogP contribution in [0.4, 0.5) is 5.69 Å². The van der Waals surface area contributed by atoms with Gasteiger partial charge in [-0.05, 0) is 56.6 Å². The summed E-state index contributed by atoms with van der Waals surface area (Å²) < 4.78 is 0. The number of aryl methyl sites for hydroxylation is 2. The van der Waals surface area contributed by atoms with E-state index in [2.05, 4.69) is 17.5 Å². The fourth-order valence-corrected chi connectivity index (χ4v) is 5.06. The smallest absolute Gasteiger partial charge is 0.247 e. The monoisotopic (exact) mass is 366 g/mol. The lowest BCUT2D eigenvalue weighted by Gasteiger charge is -2.38. The normalized spacial score (nSPS) is 29.8. The fourth-order valence-electron chi connectivity index (χ4n) is 5.06. The quantitative estimate of drug-likeness (QED) is 0.657. The molecule has 1 N–H and O–H groups in total. The maximum absolute atomic E-state index is 13.1. The van der Waals surface area contributed by atoms with Crippen LogP contribution in [-0.2, 0) is 14.4 Å². The van der Waals surface area contributed by atoms with Crippen molar-refractivity contribution in [3.63, 3.8) is 0 Å². The van der Waals surface area contributed by atoms with Crippen LogP contribution in [0, 0.1) is 37.5 Å². The van der Waals surface area contributed by atoms with Crippen molar-refractivity contribution in [2.24, 2.45) is 23.7 Å². The molecular weight excluding hydrogens is 340 g/mol. The van der Waals surface area contributed by atoms with E-state index in [0.29, 0.717) is 6.42 Å². The van der Waals surface area contributed by atoms with E-state index in [0.717, 1.165) is 29.7 Å². The van der Waals surface area contributed by atoms with Crippen molar-refractivity contribution in [2.75, 3.05) is 5.32 Å². The highest BCUT2D eigenvalue weighted by atomic mass is 16.2. The molecule has 5 atom stereocenters. The minimum atomic E-state index is -0.754. The Bertz CT molecular complexity index is 812. The molecule has 2 fully saturated rings. The van der Waals surface area contributed by atoms with Gasteiger partial charge in [0.05, 0.1) is 11.8 Å². The van der Waals surface area contributed by atoms with Gasteiger partial charge in [0.1, 0.15) is 6.04 Å². The fraction of sp³-hybridized carbons (Fsp3) is 0.500. The van der Waals surface area contributed by atoms with Crippen molar-refractivity contribution in [3.05, 3.63) is 41.5 Å². The molecule has 5 nitrogen and oxygen atoms in total. The Hall–Kier alpha value is -2.43. The number of anilines is 1. The predicted octanol–water partition coefficient (Wildman–Crippen LogP) is 3.22. The highest BCUT2D eigenvalue weighted by molar-refractivity contribution is 6.10. The molecule has 5 rings (SSSR count). The number of hydrogen-bond acceptors (Lipinski definition) is 3. The molecule has 1 heterocycles. The lowest BCUT2D eigenvalue weighted by atomic mass is 9.63. The van der Waals surface area contributed by atoms with Gasteiger partial charge in [0.2, 0.25) is 17.7 Å². The Balaban J connectivity index is 1.58. The molecule has 0 aromatic heterocycles. The standard InChI is InChI=1S/C22H26N2O3/c1-4-17(20(25)23-16-10-5-12(2)11-13(16)3)24-21(26)18-14-6-7-15(9-8-14)19(18)22(24)27/h5-7,10-11,14-15,17-19H,4,8-9H2,1-3H3,(H,23,25). The summed E-state index contributed by atoms with van der Waals surface area (Å²) in [5.41, 5.74) is 2.81. The number of fused-ring (bicyclic) bond motifs is 1. The van der Waals surface area contributed by atoms with Gasteiger partial charge in [-0.25, -0.2) is 0 Å². The summed E-state index contributed by atoms with van der Waals surface area (Å²) in [6.07, 6.45) is 6.53. The molecule has 5 heteroatoms. The number of benzene rings is 1. The molecule has 1 saturated carbocycles. The second kappa shape index (κ2) is 6.63. The van der Waals surface area contributed by atoms with Gasteiger partial charge in [0.25, 0.3) is 0 Å². The van der Waals surface area contributed by atoms with Crippen molar-refractivity contribution in [1.82, 2.24) is 4.90 Å². The summed E-state index contributed by atoms with van der Waals surface area (Å²) in [6.45, 7) is 5.79. The number of nitrogens with one attached hydrogen (secondary N) is 1. The van der Waals surface area contributed by atoms with Gasteiger partial charge in [0, 0.05) is 5.69 Å². The average molecular weight is 366 g/mol. The lowest BCUT2D eigenvalue weighted by Crippen LogP contribution is -2.47. The number of carbonyl (C=O) groups is 3. The van der Waals surface area contributed by atoms with Gasteiger partial charge in [-0.2, -0.15) is 0 Å². The minimum Gasteiger partial charge on any atom is -0.324 e. The Labute approximate surface area is 159 Å². The Kier molecular flexibility index (Phi) is 4.41. The Morgan fingerprint density at radius 2 is 1.70 bits per heavy atom. The maximum atomic E-state index is 13.1. The molecule has 0 radical (unpaired) electrons. The third-order valence-corrected chi connectivity index (χ3v) is 6.43. The SMILES string of the molecule is CCC(C(=O)Nc1ccc(C)cc1C)N1C(=O)C2C3C=CC(CC3)C2C1=O. The Morgan fingerprint density at radius 3 is 2.19 bits per heavy atom. The predicted molar refractivity (Wildman–Crippen MR) is 103 cm³/mol. The third kappa shape index (κ3) is 2.80. The van der Waals surface area contributed by atoms with Crippen LogP contribution in [0.3, 0.4) is 0 Å². The summed E-state index contributed by atoms with van der Waals surface area (Å²) in [5.74, 6) is -0.875. The second-order valence-corrected chi connectivity index (χ2v) is 8.12. The molecule has 142 valence electrons. The summed E-state index contributed by atoms with van der Waals surface area (Å²) in [4.78, 5) is 40.4. The van der Waals surface area contributed by atoms with Gasteiger partial charge in [-0.1, -0.05) is 36.8 Å². The van der Waals surface area contributed by atoms with E-state index in [9.17, 15) is 14.4 Å².